The highest BCUT2D eigenvalue weighted by Crippen LogP contribution is 2.24. The number of thioether (sulfide) groups is 1. The molecule has 7 heteroatoms. The third-order valence-corrected chi connectivity index (χ3v) is 6.00. The number of benzene rings is 1. The van der Waals surface area contributed by atoms with E-state index in [9.17, 15) is 9.59 Å². The smallest absolute Gasteiger partial charge is 0.289 e. The lowest BCUT2D eigenvalue weighted by molar-refractivity contribution is -0.133. The second kappa shape index (κ2) is 8.18. The monoisotopic (exact) mass is 392 g/mol. The van der Waals surface area contributed by atoms with Crippen LogP contribution in [0, 0.1) is 0 Å². The summed E-state index contributed by atoms with van der Waals surface area (Å²) in [5, 5.41) is 0.681. The Labute approximate surface area is 162 Å². The van der Waals surface area contributed by atoms with Crippen LogP contribution in [0.4, 0.5) is 0 Å². The molecule has 3 rings (SSSR count). The molecule has 0 spiro atoms. The van der Waals surface area contributed by atoms with Crippen molar-refractivity contribution in [1.29, 1.82) is 0 Å². The summed E-state index contributed by atoms with van der Waals surface area (Å²) in [6, 6.07) is 10.7. The lowest BCUT2D eigenvalue weighted by atomic mass is 10.0. The predicted octanol–water partition coefficient (Wildman–Crippen LogP) is 3.79. The molecule has 1 fully saturated rings. The van der Waals surface area contributed by atoms with Crippen LogP contribution in [-0.2, 0) is 4.79 Å². The first-order valence-corrected chi connectivity index (χ1v) is 9.86. The Morgan fingerprint density at radius 1 is 1.12 bits per heavy atom. The second-order valence-electron chi connectivity index (χ2n) is 6.29. The molecular formula is C19H21ClN2O3S. The first-order valence-electron chi connectivity index (χ1n) is 8.49. The Kier molecular flexibility index (Phi) is 5.94. The summed E-state index contributed by atoms with van der Waals surface area (Å²) in [4.78, 5) is 29.8. The number of carbonyl (C=O) groups is 2. The number of halogens is 1. The third-order valence-electron chi connectivity index (χ3n) is 4.75. The van der Waals surface area contributed by atoms with E-state index >= 15 is 0 Å². The molecule has 0 aliphatic carbocycles. The molecular weight excluding hydrogens is 372 g/mol. The van der Waals surface area contributed by atoms with Crippen LogP contribution in [0.25, 0.3) is 0 Å². The van der Waals surface area contributed by atoms with Crippen molar-refractivity contribution in [2.24, 2.45) is 0 Å². The van der Waals surface area contributed by atoms with Gasteiger partial charge < -0.3 is 14.2 Å². The third kappa shape index (κ3) is 4.07. The van der Waals surface area contributed by atoms with Gasteiger partial charge in [-0.25, -0.2) is 0 Å². The molecule has 138 valence electrons. The highest BCUT2D eigenvalue weighted by Gasteiger charge is 2.36. The molecule has 1 aromatic heterocycles. The van der Waals surface area contributed by atoms with E-state index in [-0.39, 0.29) is 23.9 Å². The van der Waals surface area contributed by atoms with Gasteiger partial charge in [-0.05, 0) is 50.2 Å². The van der Waals surface area contributed by atoms with Gasteiger partial charge >= 0.3 is 0 Å². The predicted molar refractivity (Wildman–Crippen MR) is 103 cm³/mol. The topological polar surface area (TPSA) is 53.8 Å². The van der Waals surface area contributed by atoms with Gasteiger partial charge in [0.25, 0.3) is 5.91 Å². The SMILES string of the molecule is C[C@@H]1[C@H](C)N(C(=O)CSc2ccc(Cl)cc2)CCN1C(=O)c1ccco1. The van der Waals surface area contributed by atoms with Crippen molar-refractivity contribution >= 4 is 35.2 Å². The van der Waals surface area contributed by atoms with Crippen molar-refractivity contribution in [2.75, 3.05) is 18.8 Å². The summed E-state index contributed by atoms with van der Waals surface area (Å²) in [7, 11) is 0. The van der Waals surface area contributed by atoms with Gasteiger partial charge in [-0.2, -0.15) is 0 Å². The first kappa shape index (κ1) is 18.9. The molecule has 0 radical (unpaired) electrons. The highest BCUT2D eigenvalue weighted by molar-refractivity contribution is 8.00. The van der Waals surface area contributed by atoms with Crippen LogP contribution in [0.5, 0.6) is 0 Å². The summed E-state index contributed by atoms with van der Waals surface area (Å²) in [5.74, 6) is 0.652. The summed E-state index contributed by atoms with van der Waals surface area (Å²) < 4.78 is 5.22. The van der Waals surface area contributed by atoms with E-state index in [1.54, 1.807) is 17.0 Å². The highest BCUT2D eigenvalue weighted by atomic mass is 35.5. The maximum atomic E-state index is 12.7. The molecule has 0 unspecified atom stereocenters. The Morgan fingerprint density at radius 3 is 2.42 bits per heavy atom. The molecule has 1 aromatic carbocycles. The van der Waals surface area contributed by atoms with Crippen molar-refractivity contribution in [1.82, 2.24) is 9.80 Å². The fourth-order valence-corrected chi connectivity index (χ4v) is 3.99. The first-order chi connectivity index (χ1) is 12.5. The van der Waals surface area contributed by atoms with Crippen molar-refractivity contribution in [3.63, 3.8) is 0 Å². The van der Waals surface area contributed by atoms with Crippen molar-refractivity contribution in [2.45, 2.75) is 30.8 Å². The molecule has 1 aliphatic rings. The Bertz CT molecular complexity index is 764. The standard InChI is InChI=1S/C19H21ClN2O3S/c1-13-14(2)22(19(24)17-4-3-11-25-17)10-9-21(13)18(23)12-26-16-7-5-15(20)6-8-16/h3-8,11,13-14H,9-10,12H2,1-2H3/t13-,14+/m0/s1. The summed E-state index contributed by atoms with van der Waals surface area (Å²) in [6.45, 7) is 4.98. The van der Waals surface area contributed by atoms with Gasteiger partial charge in [0.15, 0.2) is 5.76 Å². The van der Waals surface area contributed by atoms with Crippen LogP contribution in [0.3, 0.4) is 0 Å². The van der Waals surface area contributed by atoms with Crippen LogP contribution in [0.1, 0.15) is 24.4 Å². The van der Waals surface area contributed by atoms with Crippen LogP contribution >= 0.6 is 23.4 Å². The average Bonchev–Trinajstić information content (AvgIpc) is 3.17. The van der Waals surface area contributed by atoms with E-state index in [1.807, 2.05) is 43.0 Å². The Balaban J connectivity index is 1.59. The van der Waals surface area contributed by atoms with Gasteiger partial charge in [0.05, 0.1) is 12.0 Å². The van der Waals surface area contributed by atoms with Crippen molar-refractivity contribution in [3.05, 3.63) is 53.4 Å². The molecule has 0 N–H and O–H groups in total. The van der Waals surface area contributed by atoms with E-state index in [1.165, 1.54) is 18.0 Å². The minimum Gasteiger partial charge on any atom is -0.459 e. The molecule has 2 atom stereocenters. The summed E-state index contributed by atoms with van der Waals surface area (Å²) in [5.41, 5.74) is 0. The molecule has 0 saturated carbocycles. The van der Waals surface area contributed by atoms with Crippen LogP contribution in [0.15, 0.2) is 52.0 Å². The van der Waals surface area contributed by atoms with Gasteiger partial charge in [-0.3, -0.25) is 9.59 Å². The molecule has 1 saturated heterocycles. The molecule has 26 heavy (non-hydrogen) atoms. The van der Waals surface area contributed by atoms with Crippen LogP contribution in [0.2, 0.25) is 5.02 Å². The van der Waals surface area contributed by atoms with E-state index < -0.39 is 0 Å². The molecule has 1 aliphatic heterocycles. The number of piperazine rings is 1. The normalized spacial score (nSPS) is 20.3. The number of nitrogens with zero attached hydrogens (tertiary/aromatic N) is 2. The summed E-state index contributed by atoms with van der Waals surface area (Å²) in [6.07, 6.45) is 1.50. The zero-order valence-electron chi connectivity index (χ0n) is 14.7. The largest absolute Gasteiger partial charge is 0.459 e. The summed E-state index contributed by atoms with van der Waals surface area (Å²) >= 11 is 7.38. The maximum Gasteiger partial charge on any atom is 0.289 e. The van der Waals surface area contributed by atoms with Gasteiger partial charge in [-0.15, -0.1) is 11.8 Å². The molecule has 2 amide bonds. The Hall–Kier alpha value is -1.92. The molecule has 5 nitrogen and oxygen atoms in total. The zero-order valence-corrected chi connectivity index (χ0v) is 16.3. The minimum atomic E-state index is -0.128. The fraction of sp³-hybridized carbons (Fsp3) is 0.368. The van der Waals surface area contributed by atoms with Crippen LogP contribution in [-0.4, -0.2) is 52.5 Å². The second-order valence-corrected chi connectivity index (χ2v) is 7.77. The lowest BCUT2D eigenvalue weighted by Gasteiger charge is -2.44. The number of furan rings is 1. The van der Waals surface area contributed by atoms with Crippen molar-refractivity contribution in [3.8, 4) is 0 Å². The number of amides is 2. The lowest BCUT2D eigenvalue weighted by Crippen LogP contribution is -2.60. The van der Waals surface area contributed by atoms with Gasteiger partial charge in [0.2, 0.25) is 5.91 Å². The number of hydrogen-bond donors (Lipinski definition) is 0. The zero-order chi connectivity index (χ0) is 18.7. The molecule has 2 heterocycles. The molecule has 2 aromatic rings. The maximum absolute atomic E-state index is 12.7. The van der Waals surface area contributed by atoms with E-state index in [0.29, 0.717) is 29.6 Å². The van der Waals surface area contributed by atoms with Gasteiger partial charge in [-0.1, -0.05) is 11.6 Å². The number of rotatable bonds is 4. The minimum absolute atomic E-state index is 0.0546. The van der Waals surface area contributed by atoms with Crippen LogP contribution < -0.4 is 0 Å². The van der Waals surface area contributed by atoms with Gasteiger partial charge in [0.1, 0.15) is 0 Å². The van der Waals surface area contributed by atoms with E-state index in [0.717, 1.165) is 4.90 Å². The van der Waals surface area contributed by atoms with Gasteiger partial charge in [0, 0.05) is 35.1 Å². The van der Waals surface area contributed by atoms with E-state index in [2.05, 4.69) is 0 Å². The Morgan fingerprint density at radius 2 is 1.77 bits per heavy atom. The van der Waals surface area contributed by atoms with Crippen molar-refractivity contribution < 1.29 is 14.0 Å². The fourth-order valence-electron chi connectivity index (χ4n) is 3.08. The average molecular weight is 393 g/mol. The quantitative estimate of drug-likeness (QED) is 0.743. The number of carbonyl (C=O) groups excluding carboxylic acids is 2. The van der Waals surface area contributed by atoms with E-state index in [4.69, 9.17) is 16.0 Å². The molecule has 0 bridgehead atoms. The number of hydrogen-bond acceptors (Lipinski definition) is 4.